The minimum absolute atomic E-state index is 0.200. The van der Waals surface area contributed by atoms with Gasteiger partial charge in [-0.25, -0.2) is 0 Å². The fourth-order valence-electron chi connectivity index (χ4n) is 2.37. The van der Waals surface area contributed by atoms with Crippen molar-refractivity contribution >= 4 is 5.91 Å². The van der Waals surface area contributed by atoms with Gasteiger partial charge >= 0.3 is 0 Å². The Morgan fingerprint density at radius 3 is 2.81 bits per heavy atom. The van der Waals surface area contributed by atoms with E-state index in [1.165, 1.54) is 19.3 Å². The summed E-state index contributed by atoms with van der Waals surface area (Å²) in [5.41, 5.74) is 0. The highest BCUT2D eigenvalue weighted by Crippen LogP contribution is 2.20. The molecule has 1 N–H and O–H groups in total. The Hall–Kier alpha value is -0.570. The van der Waals surface area contributed by atoms with Crippen LogP contribution in [0.1, 0.15) is 51.9 Å². The number of hydrogen-bond acceptors (Lipinski definition) is 2. The van der Waals surface area contributed by atoms with Gasteiger partial charge in [0, 0.05) is 26.1 Å². The summed E-state index contributed by atoms with van der Waals surface area (Å²) in [5.74, 6) is 1.10. The first-order valence-corrected chi connectivity index (χ1v) is 6.66. The van der Waals surface area contributed by atoms with E-state index >= 15 is 0 Å². The molecule has 0 aromatic carbocycles. The van der Waals surface area contributed by atoms with E-state index in [2.05, 4.69) is 6.92 Å². The van der Waals surface area contributed by atoms with Crippen LogP contribution in [0.5, 0.6) is 0 Å². The molecule has 3 heteroatoms. The van der Waals surface area contributed by atoms with Gasteiger partial charge in [-0.05, 0) is 38.0 Å². The van der Waals surface area contributed by atoms with Gasteiger partial charge in [0.05, 0.1) is 0 Å². The number of nitrogens with zero attached hydrogens (tertiary/aromatic N) is 1. The van der Waals surface area contributed by atoms with Crippen LogP contribution in [-0.2, 0) is 4.79 Å². The fourth-order valence-corrected chi connectivity index (χ4v) is 2.37. The number of amides is 1. The van der Waals surface area contributed by atoms with E-state index in [4.69, 9.17) is 5.11 Å². The Kier molecular flexibility index (Phi) is 6.46. The standard InChI is InChI=1S/C13H25NO2/c1-2-12-6-5-9-14(10-8-12)13(16)7-3-4-11-15/h12,15H,2-11H2,1H3. The molecule has 1 heterocycles. The van der Waals surface area contributed by atoms with Crippen LogP contribution >= 0.6 is 0 Å². The van der Waals surface area contributed by atoms with E-state index < -0.39 is 0 Å². The molecule has 1 saturated heterocycles. The molecular formula is C13H25NO2. The Bertz CT molecular complexity index is 206. The normalized spacial score (nSPS) is 21.9. The monoisotopic (exact) mass is 227 g/mol. The van der Waals surface area contributed by atoms with Gasteiger partial charge in [-0.3, -0.25) is 4.79 Å². The van der Waals surface area contributed by atoms with E-state index in [0.717, 1.165) is 38.3 Å². The number of aliphatic hydroxyl groups excluding tert-OH is 1. The van der Waals surface area contributed by atoms with Gasteiger partial charge in [0.25, 0.3) is 0 Å². The second kappa shape index (κ2) is 7.66. The average molecular weight is 227 g/mol. The van der Waals surface area contributed by atoms with Crippen molar-refractivity contribution in [3.05, 3.63) is 0 Å². The lowest BCUT2D eigenvalue weighted by molar-refractivity contribution is -0.131. The summed E-state index contributed by atoms with van der Waals surface area (Å²) in [7, 11) is 0. The molecule has 0 saturated carbocycles. The molecule has 1 fully saturated rings. The Morgan fingerprint density at radius 1 is 1.31 bits per heavy atom. The third kappa shape index (κ3) is 4.52. The highest BCUT2D eigenvalue weighted by molar-refractivity contribution is 5.76. The van der Waals surface area contributed by atoms with Crippen molar-refractivity contribution in [1.29, 1.82) is 0 Å². The molecule has 0 aromatic heterocycles. The molecule has 16 heavy (non-hydrogen) atoms. The summed E-state index contributed by atoms with van der Waals surface area (Å²) >= 11 is 0. The van der Waals surface area contributed by atoms with Crippen LogP contribution in [0.15, 0.2) is 0 Å². The number of carbonyl (C=O) groups excluding carboxylic acids is 1. The van der Waals surface area contributed by atoms with Crippen LogP contribution in [-0.4, -0.2) is 35.6 Å². The number of unbranched alkanes of at least 4 members (excludes halogenated alkanes) is 1. The van der Waals surface area contributed by atoms with Gasteiger partial charge in [-0.1, -0.05) is 13.3 Å². The third-order valence-electron chi connectivity index (χ3n) is 3.58. The number of likely N-dealkylation sites (tertiary alicyclic amines) is 1. The Labute approximate surface area is 98.8 Å². The highest BCUT2D eigenvalue weighted by atomic mass is 16.3. The van der Waals surface area contributed by atoms with Gasteiger partial charge in [-0.15, -0.1) is 0 Å². The van der Waals surface area contributed by atoms with Crippen molar-refractivity contribution in [3.8, 4) is 0 Å². The SMILES string of the molecule is CCC1CCCN(C(=O)CCCCO)CC1. The largest absolute Gasteiger partial charge is 0.396 e. The maximum absolute atomic E-state index is 11.9. The zero-order chi connectivity index (χ0) is 11.8. The first kappa shape index (κ1) is 13.5. The molecule has 1 aliphatic rings. The lowest BCUT2D eigenvalue weighted by Gasteiger charge is -2.20. The quantitative estimate of drug-likeness (QED) is 0.731. The molecule has 0 spiro atoms. The molecule has 3 nitrogen and oxygen atoms in total. The molecule has 1 amide bonds. The smallest absolute Gasteiger partial charge is 0.222 e. The minimum Gasteiger partial charge on any atom is -0.396 e. The first-order chi connectivity index (χ1) is 7.77. The maximum Gasteiger partial charge on any atom is 0.222 e. The van der Waals surface area contributed by atoms with Crippen LogP contribution in [0.25, 0.3) is 0 Å². The van der Waals surface area contributed by atoms with E-state index in [0.29, 0.717) is 6.42 Å². The Balaban J connectivity index is 2.27. The summed E-state index contributed by atoms with van der Waals surface area (Å²) in [5, 5.41) is 8.68. The van der Waals surface area contributed by atoms with Gasteiger partial charge in [0.1, 0.15) is 0 Å². The van der Waals surface area contributed by atoms with Gasteiger partial charge < -0.3 is 10.0 Å². The molecule has 1 rings (SSSR count). The molecule has 1 atom stereocenters. The van der Waals surface area contributed by atoms with Gasteiger partial charge in [0.15, 0.2) is 0 Å². The van der Waals surface area contributed by atoms with Crippen molar-refractivity contribution in [2.45, 2.75) is 51.9 Å². The summed E-state index contributed by atoms with van der Waals surface area (Å²) in [4.78, 5) is 13.9. The molecule has 1 aliphatic heterocycles. The first-order valence-electron chi connectivity index (χ1n) is 6.66. The van der Waals surface area contributed by atoms with E-state index in [9.17, 15) is 4.79 Å². The zero-order valence-corrected chi connectivity index (χ0v) is 10.5. The topological polar surface area (TPSA) is 40.5 Å². The molecule has 0 bridgehead atoms. The van der Waals surface area contributed by atoms with Crippen molar-refractivity contribution in [1.82, 2.24) is 4.90 Å². The molecular weight excluding hydrogens is 202 g/mol. The highest BCUT2D eigenvalue weighted by Gasteiger charge is 2.18. The maximum atomic E-state index is 11.9. The molecule has 0 aliphatic carbocycles. The van der Waals surface area contributed by atoms with Crippen molar-refractivity contribution in [3.63, 3.8) is 0 Å². The van der Waals surface area contributed by atoms with Crippen LogP contribution in [0, 0.1) is 5.92 Å². The van der Waals surface area contributed by atoms with Crippen LogP contribution in [0.4, 0.5) is 0 Å². The number of rotatable bonds is 5. The number of carbonyl (C=O) groups is 1. The summed E-state index contributed by atoms with van der Waals surface area (Å²) in [6.07, 6.45) is 7.02. The molecule has 1 unspecified atom stereocenters. The van der Waals surface area contributed by atoms with E-state index in [-0.39, 0.29) is 12.5 Å². The van der Waals surface area contributed by atoms with Crippen molar-refractivity contribution in [2.75, 3.05) is 19.7 Å². The second-order valence-corrected chi connectivity index (χ2v) is 4.77. The summed E-state index contributed by atoms with van der Waals surface area (Å²) in [6, 6.07) is 0. The minimum atomic E-state index is 0.200. The van der Waals surface area contributed by atoms with Gasteiger partial charge in [-0.2, -0.15) is 0 Å². The van der Waals surface area contributed by atoms with Crippen LogP contribution in [0.2, 0.25) is 0 Å². The second-order valence-electron chi connectivity index (χ2n) is 4.77. The van der Waals surface area contributed by atoms with Gasteiger partial charge in [0.2, 0.25) is 5.91 Å². The van der Waals surface area contributed by atoms with Crippen LogP contribution in [0.3, 0.4) is 0 Å². The fraction of sp³-hybridized carbons (Fsp3) is 0.923. The summed E-state index contributed by atoms with van der Waals surface area (Å²) in [6.45, 7) is 4.32. The lowest BCUT2D eigenvalue weighted by atomic mass is 9.98. The number of aliphatic hydroxyl groups is 1. The summed E-state index contributed by atoms with van der Waals surface area (Å²) < 4.78 is 0. The zero-order valence-electron chi connectivity index (χ0n) is 10.5. The van der Waals surface area contributed by atoms with Crippen molar-refractivity contribution in [2.24, 2.45) is 5.92 Å². The number of hydrogen-bond donors (Lipinski definition) is 1. The Morgan fingerprint density at radius 2 is 2.12 bits per heavy atom. The predicted octanol–water partition coefficient (Wildman–Crippen LogP) is 2.19. The molecule has 0 radical (unpaired) electrons. The average Bonchev–Trinajstić information content (AvgIpc) is 2.54. The third-order valence-corrected chi connectivity index (χ3v) is 3.58. The molecule has 94 valence electrons. The predicted molar refractivity (Wildman–Crippen MR) is 65.1 cm³/mol. The van der Waals surface area contributed by atoms with Crippen molar-refractivity contribution < 1.29 is 9.90 Å². The van der Waals surface area contributed by atoms with E-state index in [1.807, 2.05) is 4.90 Å². The molecule has 0 aromatic rings. The lowest BCUT2D eigenvalue weighted by Crippen LogP contribution is -2.31. The van der Waals surface area contributed by atoms with Crippen LogP contribution < -0.4 is 0 Å². The van der Waals surface area contributed by atoms with E-state index in [1.54, 1.807) is 0 Å².